The largest absolute Gasteiger partial charge is 0.469 e. The maximum absolute atomic E-state index is 11.4. The molecule has 0 atom stereocenters. The Hall–Kier alpha value is -2.33. The molecule has 0 unspecified atom stereocenters. The number of hydrogen-bond donors (Lipinski definition) is 0. The van der Waals surface area contributed by atoms with Gasteiger partial charge in [-0.3, -0.25) is 4.79 Å². The average molecular weight is 302 g/mol. The zero-order valence-corrected chi connectivity index (χ0v) is 12.1. The molecule has 5 heteroatoms. The SMILES string of the molecule is COC(=O)Cc1cccc2oc(-c3ccc(Cl)cc3)nc12. The first kappa shape index (κ1) is 13.6. The molecule has 0 saturated heterocycles. The molecule has 0 spiro atoms. The molecule has 0 bridgehead atoms. The molecule has 0 saturated carbocycles. The van der Waals surface area contributed by atoms with E-state index in [1.165, 1.54) is 7.11 Å². The summed E-state index contributed by atoms with van der Waals surface area (Å²) in [4.78, 5) is 15.9. The van der Waals surface area contributed by atoms with Crippen molar-refractivity contribution in [2.75, 3.05) is 7.11 Å². The number of carbonyl (C=O) groups is 1. The van der Waals surface area contributed by atoms with Gasteiger partial charge in [0.15, 0.2) is 5.58 Å². The number of nitrogens with zero attached hydrogens (tertiary/aromatic N) is 1. The van der Waals surface area contributed by atoms with E-state index in [0.29, 0.717) is 22.0 Å². The minimum atomic E-state index is -0.307. The van der Waals surface area contributed by atoms with Crippen molar-refractivity contribution in [1.29, 1.82) is 0 Å². The Labute approximate surface area is 126 Å². The van der Waals surface area contributed by atoms with Crippen molar-refractivity contribution in [2.24, 2.45) is 0 Å². The van der Waals surface area contributed by atoms with Gasteiger partial charge >= 0.3 is 5.97 Å². The van der Waals surface area contributed by atoms with E-state index in [-0.39, 0.29) is 12.4 Å². The maximum atomic E-state index is 11.4. The van der Waals surface area contributed by atoms with Crippen LogP contribution >= 0.6 is 11.6 Å². The van der Waals surface area contributed by atoms with Crippen LogP contribution in [0.4, 0.5) is 0 Å². The van der Waals surface area contributed by atoms with Gasteiger partial charge in [0.05, 0.1) is 13.5 Å². The van der Waals surface area contributed by atoms with Crippen molar-refractivity contribution in [1.82, 2.24) is 4.98 Å². The molecule has 0 N–H and O–H groups in total. The van der Waals surface area contributed by atoms with Crippen LogP contribution in [0, 0.1) is 0 Å². The van der Waals surface area contributed by atoms with Gasteiger partial charge in [-0.15, -0.1) is 0 Å². The average Bonchev–Trinajstić information content (AvgIpc) is 2.93. The third kappa shape index (κ3) is 2.76. The van der Waals surface area contributed by atoms with Crippen LogP contribution < -0.4 is 0 Å². The minimum Gasteiger partial charge on any atom is -0.469 e. The van der Waals surface area contributed by atoms with Crippen LogP contribution in [0.3, 0.4) is 0 Å². The number of fused-ring (bicyclic) bond motifs is 1. The number of ether oxygens (including phenoxy) is 1. The van der Waals surface area contributed by atoms with E-state index in [4.69, 9.17) is 20.8 Å². The van der Waals surface area contributed by atoms with Gasteiger partial charge in [-0.25, -0.2) is 4.98 Å². The fourth-order valence-corrected chi connectivity index (χ4v) is 2.22. The second-order valence-corrected chi connectivity index (χ2v) is 4.98. The number of benzene rings is 2. The lowest BCUT2D eigenvalue weighted by Gasteiger charge is -1.99. The van der Waals surface area contributed by atoms with Gasteiger partial charge < -0.3 is 9.15 Å². The molecule has 3 rings (SSSR count). The molecule has 0 aliphatic heterocycles. The zero-order valence-electron chi connectivity index (χ0n) is 11.3. The highest BCUT2D eigenvalue weighted by Gasteiger charge is 2.13. The van der Waals surface area contributed by atoms with Gasteiger partial charge in [0.25, 0.3) is 0 Å². The van der Waals surface area contributed by atoms with E-state index >= 15 is 0 Å². The number of carbonyl (C=O) groups excluding carboxylic acids is 1. The van der Waals surface area contributed by atoms with Crippen LogP contribution in [0.1, 0.15) is 5.56 Å². The number of para-hydroxylation sites is 1. The first-order chi connectivity index (χ1) is 10.2. The fraction of sp³-hybridized carbons (Fsp3) is 0.125. The lowest BCUT2D eigenvalue weighted by Crippen LogP contribution is -2.04. The molecule has 1 aromatic heterocycles. The number of hydrogen-bond acceptors (Lipinski definition) is 4. The molecule has 0 radical (unpaired) electrons. The van der Waals surface area contributed by atoms with Crippen LogP contribution in [-0.4, -0.2) is 18.1 Å². The van der Waals surface area contributed by atoms with Gasteiger partial charge in [0.2, 0.25) is 5.89 Å². The zero-order chi connectivity index (χ0) is 14.8. The summed E-state index contributed by atoms with van der Waals surface area (Å²) in [6, 6.07) is 12.7. The third-order valence-electron chi connectivity index (χ3n) is 3.16. The molecule has 0 aliphatic carbocycles. The molecule has 0 amide bonds. The molecule has 2 aromatic carbocycles. The van der Waals surface area contributed by atoms with E-state index < -0.39 is 0 Å². The van der Waals surface area contributed by atoms with Crippen molar-refractivity contribution < 1.29 is 13.9 Å². The molecule has 4 nitrogen and oxygen atoms in total. The number of halogens is 1. The lowest BCUT2D eigenvalue weighted by molar-refractivity contribution is -0.139. The molecular formula is C16H12ClNO3. The van der Waals surface area contributed by atoms with Crippen LogP contribution in [0.25, 0.3) is 22.6 Å². The Balaban J connectivity index is 2.05. The van der Waals surface area contributed by atoms with Crippen LogP contribution in [-0.2, 0) is 16.0 Å². The highest BCUT2D eigenvalue weighted by atomic mass is 35.5. The molecule has 0 fully saturated rings. The van der Waals surface area contributed by atoms with E-state index in [2.05, 4.69) is 4.98 Å². The third-order valence-corrected chi connectivity index (χ3v) is 3.41. The monoisotopic (exact) mass is 301 g/mol. The fourth-order valence-electron chi connectivity index (χ4n) is 2.09. The number of methoxy groups -OCH3 is 1. The molecule has 21 heavy (non-hydrogen) atoms. The van der Waals surface area contributed by atoms with Crippen molar-refractivity contribution in [3.05, 3.63) is 53.1 Å². The van der Waals surface area contributed by atoms with Crippen molar-refractivity contribution in [2.45, 2.75) is 6.42 Å². The Kier molecular flexibility index (Phi) is 3.62. The Morgan fingerprint density at radius 2 is 2.00 bits per heavy atom. The summed E-state index contributed by atoms with van der Waals surface area (Å²) in [5.74, 6) is 0.192. The quantitative estimate of drug-likeness (QED) is 0.689. The summed E-state index contributed by atoms with van der Waals surface area (Å²) >= 11 is 5.87. The Bertz CT molecular complexity index is 793. The predicted octanol–water partition coefficient (Wildman–Crippen LogP) is 3.86. The molecule has 0 aliphatic rings. The highest BCUT2D eigenvalue weighted by Crippen LogP contribution is 2.27. The lowest BCUT2D eigenvalue weighted by atomic mass is 10.1. The smallest absolute Gasteiger partial charge is 0.310 e. The van der Waals surface area contributed by atoms with Gasteiger partial charge in [-0.1, -0.05) is 23.7 Å². The van der Waals surface area contributed by atoms with Crippen molar-refractivity contribution in [3.63, 3.8) is 0 Å². The Morgan fingerprint density at radius 1 is 1.24 bits per heavy atom. The number of aromatic nitrogens is 1. The first-order valence-corrected chi connectivity index (χ1v) is 6.76. The summed E-state index contributed by atoms with van der Waals surface area (Å²) < 4.78 is 10.4. The summed E-state index contributed by atoms with van der Waals surface area (Å²) in [5, 5.41) is 0.654. The molecular weight excluding hydrogens is 290 g/mol. The maximum Gasteiger partial charge on any atom is 0.310 e. The summed E-state index contributed by atoms with van der Waals surface area (Å²) in [6.07, 6.45) is 0.167. The topological polar surface area (TPSA) is 52.3 Å². The minimum absolute atomic E-state index is 0.167. The molecule has 106 valence electrons. The van der Waals surface area contributed by atoms with Gasteiger partial charge in [0.1, 0.15) is 5.52 Å². The van der Waals surface area contributed by atoms with Crippen LogP contribution in [0.5, 0.6) is 0 Å². The van der Waals surface area contributed by atoms with E-state index in [1.807, 2.05) is 30.3 Å². The Morgan fingerprint density at radius 3 is 2.71 bits per heavy atom. The van der Waals surface area contributed by atoms with E-state index in [0.717, 1.165) is 11.1 Å². The van der Waals surface area contributed by atoms with Crippen molar-refractivity contribution in [3.8, 4) is 11.5 Å². The van der Waals surface area contributed by atoms with Gasteiger partial charge in [-0.2, -0.15) is 0 Å². The first-order valence-electron chi connectivity index (χ1n) is 6.38. The molecule has 1 heterocycles. The van der Waals surface area contributed by atoms with Gasteiger partial charge in [0, 0.05) is 10.6 Å². The van der Waals surface area contributed by atoms with E-state index in [1.54, 1.807) is 12.1 Å². The number of oxazole rings is 1. The molecule has 3 aromatic rings. The second kappa shape index (κ2) is 5.58. The summed E-state index contributed by atoms with van der Waals surface area (Å²) in [5.41, 5.74) is 2.93. The number of esters is 1. The summed E-state index contributed by atoms with van der Waals surface area (Å²) in [7, 11) is 1.37. The van der Waals surface area contributed by atoms with Crippen molar-refractivity contribution >= 4 is 28.7 Å². The standard InChI is InChI=1S/C16H12ClNO3/c1-20-14(19)9-11-3-2-4-13-15(11)18-16(21-13)10-5-7-12(17)8-6-10/h2-8H,9H2,1H3. The second-order valence-electron chi connectivity index (χ2n) is 4.54. The summed E-state index contributed by atoms with van der Waals surface area (Å²) in [6.45, 7) is 0. The number of rotatable bonds is 3. The predicted molar refractivity (Wildman–Crippen MR) is 80.2 cm³/mol. The normalized spacial score (nSPS) is 10.8. The van der Waals surface area contributed by atoms with Crippen LogP contribution in [0.15, 0.2) is 46.9 Å². The highest BCUT2D eigenvalue weighted by molar-refractivity contribution is 6.30. The van der Waals surface area contributed by atoms with Gasteiger partial charge in [-0.05, 0) is 35.9 Å². The van der Waals surface area contributed by atoms with Crippen LogP contribution in [0.2, 0.25) is 5.02 Å². The van der Waals surface area contributed by atoms with E-state index in [9.17, 15) is 4.79 Å².